The molecule has 4 heterocycles. The van der Waals surface area contributed by atoms with E-state index in [0.29, 0.717) is 12.3 Å². The van der Waals surface area contributed by atoms with Crippen LogP contribution in [0, 0.1) is 18.4 Å². The van der Waals surface area contributed by atoms with Gasteiger partial charge in [-0.3, -0.25) is 4.57 Å². The van der Waals surface area contributed by atoms with Crippen LogP contribution in [0.15, 0.2) is 18.3 Å². The largest absolute Gasteiger partial charge is 0.514 e. The first-order valence-corrected chi connectivity index (χ1v) is 10.8. The van der Waals surface area contributed by atoms with Gasteiger partial charge in [-0.25, -0.2) is 14.6 Å². The van der Waals surface area contributed by atoms with Gasteiger partial charge >= 0.3 is 18.3 Å². The Morgan fingerprint density at radius 2 is 2.33 bits per heavy atom. The number of fused-ring (bicyclic) bond motifs is 1. The van der Waals surface area contributed by atoms with E-state index in [9.17, 15) is 19.1 Å². The number of halogens is 1. The molecule has 2 aliphatic heterocycles. The fourth-order valence-corrected chi connectivity index (χ4v) is 3.72. The van der Waals surface area contributed by atoms with Gasteiger partial charge in [0.1, 0.15) is 18.9 Å². The van der Waals surface area contributed by atoms with Crippen LogP contribution in [-0.2, 0) is 18.9 Å². The van der Waals surface area contributed by atoms with Crippen LogP contribution in [0.2, 0.25) is 0 Å². The Morgan fingerprint density at radius 1 is 1.56 bits per heavy atom. The summed E-state index contributed by atoms with van der Waals surface area (Å²) >= 11 is 0. The third-order valence-corrected chi connectivity index (χ3v) is 5.66. The highest BCUT2D eigenvalue weighted by atomic mass is 19.1. The first-order valence-electron chi connectivity index (χ1n) is 10.8. The van der Waals surface area contributed by atoms with Crippen molar-refractivity contribution in [1.29, 1.82) is 0 Å². The minimum atomic E-state index is -1.65. The number of hydrogen-bond acceptors (Lipinski definition) is 12. The number of nitrogens with one attached hydrogen (secondary N) is 1. The third kappa shape index (κ3) is 4.95. The van der Waals surface area contributed by atoms with E-state index < -0.39 is 49.0 Å². The molecule has 36 heavy (non-hydrogen) atoms. The number of nitrogens with two attached hydrogens (primary N) is 1. The van der Waals surface area contributed by atoms with Crippen molar-refractivity contribution in [3.05, 3.63) is 24.4 Å². The minimum absolute atomic E-state index is 0.00165. The van der Waals surface area contributed by atoms with Gasteiger partial charge in [0.25, 0.3) is 0 Å². The lowest BCUT2D eigenvalue weighted by Crippen LogP contribution is -2.44. The van der Waals surface area contributed by atoms with E-state index in [1.54, 1.807) is 25.1 Å². The van der Waals surface area contributed by atoms with E-state index in [0.717, 1.165) is 0 Å². The van der Waals surface area contributed by atoms with Gasteiger partial charge in [-0.2, -0.15) is 14.4 Å². The topological polar surface area (TPSA) is 176 Å². The quantitative estimate of drug-likeness (QED) is 0.266. The monoisotopic (exact) mass is 505 g/mol. The Kier molecular flexibility index (Phi) is 6.82. The number of amides is 1. The average Bonchev–Trinajstić information content (AvgIpc) is 3.47. The van der Waals surface area contributed by atoms with Crippen molar-refractivity contribution in [3.8, 4) is 12.3 Å². The lowest BCUT2D eigenvalue weighted by atomic mass is 9.99. The zero-order valence-corrected chi connectivity index (χ0v) is 19.4. The number of imidazole rings is 1. The summed E-state index contributed by atoms with van der Waals surface area (Å²) in [6, 6.07) is 0. The van der Waals surface area contributed by atoms with E-state index in [-0.39, 0.29) is 29.9 Å². The smallest absolute Gasteiger partial charge is 0.445 e. The van der Waals surface area contributed by atoms with Crippen molar-refractivity contribution in [2.75, 3.05) is 32.5 Å². The highest BCUT2D eigenvalue weighted by Gasteiger charge is 2.49. The van der Waals surface area contributed by atoms with Crippen molar-refractivity contribution >= 4 is 29.2 Å². The molecule has 1 amide bonds. The van der Waals surface area contributed by atoms with Crippen molar-refractivity contribution < 1.29 is 38.0 Å². The molecule has 2 fully saturated rings. The first-order chi connectivity index (χ1) is 17.1. The number of hydrogen-bond donors (Lipinski definition) is 3. The normalized spacial score (nSPS) is 26.5. The van der Waals surface area contributed by atoms with Gasteiger partial charge in [0.2, 0.25) is 0 Å². The number of aromatic nitrogens is 4. The van der Waals surface area contributed by atoms with Crippen LogP contribution in [0.25, 0.3) is 11.2 Å². The molecular formula is C21H24FN7O7. The maximum atomic E-state index is 13.7. The van der Waals surface area contributed by atoms with Crippen molar-refractivity contribution in [2.45, 2.75) is 37.4 Å². The molecule has 2 saturated heterocycles. The van der Waals surface area contributed by atoms with E-state index in [1.807, 2.05) is 0 Å². The number of nitrogen functional groups attached to an aromatic ring is 1. The van der Waals surface area contributed by atoms with Gasteiger partial charge in [0.15, 0.2) is 34.4 Å². The Labute approximate surface area is 204 Å². The van der Waals surface area contributed by atoms with Crippen LogP contribution in [0.5, 0.6) is 0 Å². The van der Waals surface area contributed by atoms with Crippen molar-refractivity contribution in [3.63, 3.8) is 0 Å². The predicted octanol–water partition coefficient (Wildman–Crippen LogP) is 0.254. The average molecular weight is 505 g/mol. The fourth-order valence-electron chi connectivity index (χ4n) is 3.72. The molecule has 2 aromatic rings. The zero-order valence-electron chi connectivity index (χ0n) is 19.4. The second kappa shape index (κ2) is 9.84. The van der Waals surface area contributed by atoms with Crippen LogP contribution < -0.4 is 11.1 Å². The van der Waals surface area contributed by atoms with Crippen LogP contribution in [0.3, 0.4) is 0 Å². The molecule has 192 valence electrons. The number of aliphatic hydroxyl groups excluding tert-OH is 1. The Morgan fingerprint density at radius 3 is 3.03 bits per heavy atom. The summed E-state index contributed by atoms with van der Waals surface area (Å²) < 4.78 is 35.9. The predicted molar refractivity (Wildman–Crippen MR) is 119 cm³/mol. The van der Waals surface area contributed by atoms with Crippen LogP contribution in [0.4, 0.5) is 19.8 Å². The summed E-state index contributed by atoms with van der Waals surface area (Å²) in [6.07, 6.45) is 3.34. The molecule has 0 bridgehead atoms. The number of ether oxygens (including phenoxy) is 4. The Balaban J connectivity index is 1.31. The molecule has 14 nitrogen and oxygen atoms in total. The van der Waals surface area contributed by atoms with Crippen LogP contribution in [0.1, 0.15) is 19.6 Å². The van der Waals surface area contributed by atoms with Crippen LogP contribution in [-0.4, -0.2) is 86.3 Å². The fraction of sp³-hybridized carbons (Fsp3) is 0.476. The molecule has 0 aliphatic carbocycles. The number of carbonyl (C=O) groups excluding carboxylic acids is 2. The number of terminal acetylenes is 1. The lowest BCUT2D eigenvalue weighted by molar-refractivity contribution is -0.0909. The zero-order chi connectivity index (χ0) is 26.0. The number of anilines is 1. The number of aliphatic hydroxyl groups is 1. The number of alkyl carbamates (subject to hydrolysis) is 1. The molecule has 4 N–H and O–H groups in total. The lowest BCUT2D eigenvalue weighted by Gasteiger charge is -2.26. The van der Waals surface area contributed by atoms with Crippen molar-refractivity contribution in [2.24, 2.45) is 0 Å². The molecule has 0 saturated carbocycles. The number of likely N-dealkylation sites (N-methyl/N-ethyl adjacent to an activating group) is 1. The molecule has 15 heteroatoms. The Bertz CT molecular complexity index is 1250. The van der Waals surface area contributed by atoms with Gasteiger partial charge in [-0.1, -0.05) is 5.92 Å². The van der Waals surface area contributed by atoms with Gasteiger partial charge in [0, 0.05) is 32.8 Å². The highest BCUT2D eigenvalue weighted by molar-refractivity contribution is 5.81. The summed E-state index contributed by atoms with van der Waals surface area (Å²) in [6.45, 7) is 1.77. The molecule has 4 rings (SSSR count). The third-order valence-electron chi connectivity index (χ3n) is 5.66. The van der Waals surface area contributed by atoms with Gasteiger partial charge in [-0.05, 0) is 6.92 Å². The highest BCUT2D eigenvalue weighted by Crippen LogP contribution is 2.38. The minimum Gasteiger partial charge on any atom is -0.445 e. The SMILES string of the molecule is C#C[C@]1(COC(=O)NCCN(C)C=C2OC(=O)OC2C)O[C@@H](n2cnc3c(N)nc(F)nc32)C[C@@H]1O. The van der Waals surface area contributed by atoms with Crippen LogP contribution >= 0.6 is 0 Å². The second-order valence-corrected chi connectivity index (χ2v) is 8.19. The van der Waals surface area contributed by atoms with E-state index in [4.69, 9.17) is 31.1 Å². The van der Waals surface area contributed by atoms with E-state index in [1.165, 1.54) is 10.9 Å². The molecule has 2 aromatic heterocycles. The number of rotatable bonds is 7. The second-order valence-electron chi connectivity index (χ2n) is 8.19. The standard InChI is InChI=1S/C21H24FN7O7/c1-4-21(9-33-19(31)24-5-6-28(3)8-12-11(2)34-20(32)35-12)13(30)7-14(36-21)29-10-25-15-16(23)26-18(22)27-17(15)29/h1,8,10-11,13-14,30H,5-7,9H2,2-3H3,(H,24,31)(H2,23,26,27)/t11?,13-,14+,21+/m0/s1. The first kappa shape index (κ1) is 24.9. The molecule has 0 radical (unpaired) electrons. The van der Waals surface area contributed by atoms with Gasteiger partial charge in [0.05, 0.1) is 6.33 Å². The van der Waals surface area contributed by atoms with E-state index >= 15 is 0 Å². The molecule has 4 atom stereocenters. The maximum absolute atomic E-state index is 13.7. The summed E-state index contributed by atoms with van der Waals surface area (Å²) in [5.41, 5.74) is 4.26. The maximum Gasteiger partial charge on any atom is 0.514 e. The molecule has 0 aromatic carbocycles. The van der Waals surface area contributed by atoms with Gasteiger partial charge < -0.3 is 40.0 Å². The number of carbonyl (C=O) groups is 2. The summed E-state index contributed by atoms with van der Waals surface area (Å²) in [5, 5.41) is 13.2. The Hall–Kier alpha value is -4.16. The van der Waals surface area contributed by atoms with Gasteiger partial charge in [-0.15, -0.1) is 6.42 Å². The summed E-state index contributed by atoms with van der Waals surface area (Å²) in [5.74, 6) is 2.56. The molecule has 2 aliphatic rings. The summed E-state index contributed by atoms with van der Waals surface area (Å²) in [4.78, 5) is 36.2. The molecule has 0 spiro atoms. The number of nitrogens with zero attached hydrogens (tertiary/aromatic N) is 5. The number of cyclic esters (lactones) is 2. The van der Waals surface area contributed by atoms with Crippen molar-refractivity contribution in [1.82, 2.24) is 29.7 Å². The van der Waals surface area contributed by atoms with E-state index in [2.05, 4.69) is 26.2 Å². The molecular weight excluding hydrogens is 481 g/mol. The molecule has 1 unspecified atom stereocenters. The summed E-state index contributed by atoms with van der Waals surface area (Å²) in [7, 11) is 1.72.